The average molecular weight is 463 g/mol. The Morgan fingerprint density at radius 3 is 2.88 bits per heavy atom. The van der Waals surface area contributed by atoms with Crippen molar-refractivity contribution in [2.75, 3.05) is 35.6 Å². The lowest BCUT2D eigenvalue weighted by Gasteiger charge is -2.20. The third kappa shape index (κ3) is 3.57. The highest BCUT2D eigenvalue weighted by atomic mass is 32.2. The van der Waals surface area contributed by atoms with Crippen LogP contribution in [0.15, 0.2) is 58.2 Å². The molecule has 2 N–H and O–H groups in total. The number of carbonyl (C=O) groups is 2. The Labute approximate surface area is 193 Å². The van der Waals surface area contributed by atoms with Crippen LogP contribution < -0.4 is 21.1 Å². The number of rotatable bonds is 5. The van der Waals surface area contributed by atoms with Crippen molar-refractivity contribution in [3.05, 3.63) is 64.4 Å². The van der Waals surface area contributed by atoms with Gasteiger partial charge in [0.25, 0.3) is 5.56 Å². The molecule has 9 heteroatoms. The van der Waals surface area contributed by atoms with Crippen LogP contribution in [0.3, 0.4) is 0 Å². The fourth-order valence-electron chi connectivity index (χ4n) is 4.89. The average Bonchev–Trinajstić information content (AvgIpc) is 3.38. The van der Waals surface area contributed by atoms with Crippen molar-refractivity contribution in [3.8, 4) is 0 Å². The molecule has 1 saturated heterocycles. The number of ether oxygens (including phenoxy) is 1. The zero-order valence-electron chi connectivity index (χ0n) is 17.7. The van der Waals surface area contributed by atoms with Gasteiger partial charge < -0.3 is 19.9 Å². The molecule has 0 bridgehead atoms. The minimum Gasteiger partial charge on any atom is -0.443 e. The quantitative estimate of drug-likeness (QED) is 0.606. The number of anilines is 2. The highest BCUT2D eigenvalue weighted by molar-refractivity contribution is 8.00. The molecule has 4 heterocycles. The first kappa shape index (κ1) is 20.3. The molecule has 2 amide bonds. The van der Waals surface area contributed by atoms with Crippen LogP contribution in [0.4, 0.5) is 16.2 Å². The van der Waals surface area contributed by atoms with Crippen molar-refractivity contribution in [3.63, 3.8) is 0 Å². The van der Waals surface area contributed by atoms with Gasteiger partial charge in [0.15, 0.2) is 0 Å². The van der Waals surface area contributed by atoms with Crippen LogP contribution in [-0.2, 0) is 16.1 Å². The van der Waals surface area contributed by atoms with Gasteiger partial charge >= 0.3 is 6.09 Å². The number of aromatic nitrogens is 1. The Bertz CT molecular complexity index is 1350. The van der Waals surface area contributed by atoms with E-state index in [0.29, 0.717) is 37.6 Å². The molecule has 0 unspecified atom stereocenters. The Kier molecular flexibility index (Phi) is 4.88. The van der Waals surface area contributed by atoms with E-state index in [0.717, 1.165) is 21.5 Å². The van der Waals surface area contributed by atoms with Crippen molar-refractivity contribution in [1.29, 1.82) is 0 Å². The zero-order chi connectivity index (χ0) is 22.5. The van der Waals surface area contributed by atoms with Crippen molar-refractivity contribution >= 4 is 46.0 Å². The largest absolute Gasteiger partial charge is 0.443 e. The summed E-state index contributed by atoms with van der Waals surface area (Å²) in [6.07, 6.45) is -0.666. The third-order valence-corrected chi connectivity index (χ3v) is 7.50. The van der Waals surface area contributed by atoms with Crippen LogP contribution in [0.2, 0.25) is 0 Å². The number of benzene rings is 2. The third-order valence-electron chi connectivity index (χ3n) is 6.43. The van der Waals surface area contributed by atoms with Gasteiger partial charge in [0.05, 0.1) is 23.5 Å². The summed E-state index contributed by atoms with van der Waals surface area (Å²) in [5.74, 6) is 0.558. The van der Waals surface area contributed by atoms with E-state index in [4.69, 9.17) is 4.74 Å². The summed E-state index contributed by atoms with van der Waals surface area (Å²) >= 11 is 1.49. The summed E-state index contributed by atoms with van der Waals surface area (Å²) in [6.45, 7) is 2.30. The minimum absolute atomic E-state index is 0.0254. The number of amides is 2. The molecule has 168 valence electrons. The number of hydrogen-bond acceptors (Lipinski definition) is 6. The highest BCUT2D eigenvalue weighted by Crippen LogP contribution is 2.36. The number of pyridine rings is 1. The molecule has 1 aromatic heterocycles. The van der Waals surface area contributed by atoms with Gasteiger partial charge in [0, 0.05) is 42.2 Å². The second-order valence-electron chi connectivity index (χ2n) is 8.56. The molecule has 2 aromatic carbocycles. The molecule has 33 heavy (non-hydrogen) atoms. The van der Waals surface area contributed by atoms with Gasteiger partial charge in [0.1, 0.15) is 6.10 Å². The first-order chi connectivity index (χ1) is 16.1. The Morgan fingerprint density at radius 2 is 1.97 bits per heavy atom. The molecule has 3 aromatic rings. The highest BCUT2D eigenvalue weighted by Gasteiger charge is 2.33. The molecule has 2 atom stereocenters. The normalized spacial score (nSPS) is 21.3. The lowest BCUT2D eigenvalue weighted by atomic mass is 10.00. The summed E-state index contributed by atoms with van der Waals surface area (Å²) in [4.78, 5) is 39.1. The maximum absolute atomic E-state index is 12.5. The van der Waals surface area contributed by atoms with E-state index in [9.17, 15) is 14.4 Å². The number of carbonyl (C=O) groups excluding carboxylic acids is 2. The SMILES string of the molecule is O=C1CSc2ccc(N3C[C@@H](CNC[C@@H]4Cn5c(=O)ccc6cccc4c65)OC3=O)cc2N1. The van der Waals surface area contributed by atoms with Crippen LogP contribution in [0.5, 0.6) is 0 Å². The Balaban J connectivity index is 1.10. The van der Waals surface area contributed by atoms with Gasteiger partial charge in [-0.15, -0.1) is 11.8 Å². The molecule has 8 nitrogen and oxygen atoms in total. The molecule has 3 aliphatic rings. The van der Waals surface area contributed by atoms with E-state index in [1.807, 2.05) is 41.0 Å². The van der Waals surface area contributed by atoms with Gasteiger partial charge in [-0.2, -0.15) is 0 Å². The van der Waals surface area contributed by atoms with Crippen molar-refractivity contribution in [2.45, 2.75) is 23.5 Å². The minimum atomic E-state index is -0.388. The summed E-state index contributed by atoms with van der Waals surface area (Å²) in [7, 11) is 0. The number of cyclic esters (lactones) is 1. The standard InChI is InChI=1S/C24H22N4O4S/c29-21-13-33-20-6-5-16(8-19(20)26-21)27-12-17(32-24(27)31)10-25-9-15-11-28-22(30)7-4-14-2-1-3-18(15)23(14)28/h1-8,15,17,25H,9-13H2,(H,26,29)/t15-,17-/m1/s1. The molecule has 0 radical (unpaired) electrons. The summed E-state index contributed by atoms with van der Waals surface area (Å²) < 4.78 is 7.42. The molecular weight excluding hydrogens is 440 g/mol. The Hall–Kier alpha value is -3.30. The maximum atomic E-state index is 12.5. The molecule has 6 rings (SSSR count). The van der Waals surface area contributed by atoms with Crippen LogP contribution in [0, 0.1) is 0 Å². The van der Waals surface area contributed by atoms with Crippen molar-refractivity contribution < 1.29 is 14.3 Å². The number of nitrogens with zero attached hydrogens (tertiary/aromatic N) is 2. The van der Waals surface area contributed by atoms with Crippen molar-refractivity contribution in [1.82, 2.24) is 9.88 Å². The first-order valence-corrected chi connectivity index (χ1v) is 11.9. The fourth-order valence-corrected chi connectivity index (χ4v) is 5.68. The molecule has 0 aliphatic carbocycles. The number of fused-ring (bicyclic) bond motifs is 1. The summed E-state index contributed by atoms with van der Waals surface area (Å²) in [5.41, 5.74) is 3.66. The van der Waals surface area contributed by atoms with E-state index in [2.05, 4.69) is 16.7 Å². The smallest absolute Gasteiger partial charge is 0.414 e. The van der Waals surface area contributed by atoms with E-state index >= 15 is 0 Å². The lowest BCUT2D eigenvalue weighted by Crippen LogP contribution is -2.33. The van der Waals surface area contributed by atoms with E-state index in [1.54, 1.807) is 11.0 Å². The van der Waals surface area contributed by atoms with E-state index in [1.165, 1.54) is 17.3 Å². The van der Waals surface area contributed by atoms with Crippen LogP contribution in [0.25, 0.3) is 10.9 Å². The van der Waals surface area contributed by atoms with Gasteiger partial charge in [-0.3, -0.25) is 14.5 Å². The monoisotopic (exact) mass is 462 g/mol. The van der Waals surface area contributed by atoms with Crippen LogP contribution in [0.1, 0.15) is 11.5 Å². The fraction of sp³-hybridized carbons (Fsp3) is 0.292. The topological polar surface area (TPSA) is 92.7 Å². The Morgan fingerprint density at radius 1 is 1.06 bits per heavy atom. The second kappa shape index (κ2) is 7.93. The van der Waals surface area contributed by atoms with Crippen LogP contribution in [-0.4, -0.2) is 48.1 Å². The van der Waals surface area contributed by atoms with Gasteiger partial charge in [-0.1, -0.05) is 18.2 Å². The van der Waals surface area contributed by atoms with Gasteiger partial charge in [0.2, 0.25) is 5.91 Å². The number of hydrogen-bond donors (Lipinski definition) is 2. The molecule has 0 spiro atoms. The second-order valence-corrected chi connectivity index (χ2v) is 9.57. The number of para-hydroxylation sites is 1. The summed E-state index contributed by atoms with van der Waals surface area (Å²) in [5, 5.41) is 7.37. The zero-order valence-corrected chi connectivity index (χ0v) is 18.6. The van der Waals surface area contributed by atoms with Gasteiger partial charge in [-0.25, -0.2) is 4.79 Å². The number of nitrogens with one attached hydrogen (secondary N) is 2. The predicted octanol–water partition coefficient (Wildman–Crippen LogP) is 2.76. The van der Waals surface area contributed by atoms with E-state index in [-0.39, 0.29) is 29.6 Å². The molecule has 3 aliphatic heterocycles. The van der Waals surface area contributed by atoms with Crippen LogP contribution >= 0.6 is 11.8 Å². The molecular formula is C24H22N4O4S. The lowest BCUT2D eigenvalue weighted by molar-refractivity contribution is -0.113. The molecule has 1 fully saturated rings. The number of thioether (sulfide) groups is 1. The van der Waals surface area contributed by atoms with Gasteiger partial charge in [-0.05, 0) is 35.2 Å². The predicted molar refractivity (Wildman–Crippen MR) is 127 cm³/mol. The van der Waals surface area contributed by atoms with Crippen molar-refractivity contribution in [2.24, 2.45) is 0 Å². The van der Waals surface area contributed by atoms with E-state index < -0.39 is 0 Å². The first-order valence-electron chi connectivity index (χ1n) is 10.9. The summed E-state index contributed by atoms with van der Waals surface area (Å²) in [6, 6.07) is 15.3. The molecule has 0 saturated carbocycles. The maximum Gasteiger partial charge on any atom is 0.414 e.